The lowest BCUT2D eigenvalue weighted by Gasteiger charge is -2.22. The molecule has 7 nitrogen and oxygen atoms in total. The summed E-state index contributed by atoms with van der Waals surface area (Å²) in [5.41, 5.74) is -0.127. The van der Waals surface area contributed by atoms with E-state index in [4.69, 9.17) is 4.74 Å². The van der Waals surface area contributed by atoms with Crippen molar-refractivity contribution in [2.75, 3.05) is 12.4 Å². The van der Waals surface area contributed by atoms with Crippen molar-refractivity contribution in [2.45, 2.75) is 38.8 Å². The molecule has 7 heteroatoms. The Hall–Kier alpha value is -3.09. The fourth-order valence-electron chi connectivity index (χ4n) is 2.45. The van der Waals surface area contributed by atoms with Crippen LogP contribution in [0.15, 0.2) is 42.5 Å². The SMILES string of the molecule is COC(=O)[C@@H](CC(=O)Nc1ccc2ccccc2c1)NC(=O)OC(C)(C)C. The maximum atomic E-state index is 12.3. The van der Waals surface area contributed by atoms with Crippen LogP contribution in [0.5, 0.6) is 0 Å². The molecule has 0 saturated heterocycles. The van der Waals surface area contributed by atoms with Crippen molar-refractivity contribution in [1.29, 1.82) is 0 Å². The van der Waals surface area contributed by atoms with Gasteiger partial charge >= 0.3 is 12.1 Å². The molecular weight excluding hydrogens is 348 g/mol. The Labute approximate surface area is 158 Å². The van der Waals surface area contributed by atoms with Crippen LogP contribution < -0.4 is 10.6 Å². The summed E-state index contributed by atoms with van der Waals surface area (Å²) in [5, 5.41) is 7.13. The normalized spacial score (nSPS) is 12.1. The molecule has 0 spiro atoms. The summed E-state index contributed by atoms with van der Waals surface area (Å²) in [4.78, 5) is 36.1. The first-order valence-electron chi connectivity index (χ1n) is 8.54. The number of benzene rings is 2. The zero-order chi connectivity index (χ0) is 20.0. The summed E-state index contributed by atoms with van der Waals surface area (Å²) < 4.78 is 9.78. The molecule has 0 heterocycles. The molecule has 0 aliphatic heterocycles. The van der Waals surface area contributed by atoms with Gasteiger partial charge in [0.05, 0.1) is 13.5 Å². The number of amides is 2. The lowest BCUT2D eigenvalue weighted by molar-refractivity contribution is -0.144. The van der Waals surface area contributed by atoms with Crippen molar-refractivity contribution < 1.29 is 23.9 Å². The number of anilines is 1. The number of methoxy groups -OCH3 is 1. The number of hydrogen-bond donors (Lipinski definition) is 2. The molecule has 0 bridgehead atoms. The minimum absolute atomic E-state index is 0.279. The molecule has 0 saturated carbocycles. The number of nitrogens with one attached hydrogen (secondary N) is 2. The minimum Gasteiger partial charge on any atom is -0.467 e. The summed E-state index contributed by atoms with van der Waals surface area (Å²) in [6.45, 7) is 5.10. The second-order valence-corrected chi connectivity index (χ2v) is 7.04. The second-order valence-electron chi connectivity index (χ2n) is 7.04. The number of carbonyl (C=O) groups is 3. The number of esters is 1. The highest BCUT2D eigenvalue weighted by Crippen LogP contribution is 2.19. The van der Waals surface area contributed by atoms with Gasteiger partial charge in [-0.2, -0.15) is 0 Å². The zero-order valence-corrected chi connectivity index (χ0v) is 15.9. The van der Waals surface area contributed by atoms with E-state index in [0.717, 1.165) is 10.8 Å². The summed E-state index contributed by atoms with van der Waals surface area (Å²) in [6.07, 6.45) is -1.07. The van der Waals surface area contributed by atoms with E-state index in [1.54, 1.807) is 26.8 Å². The van der Waals surface area contributed by atoms with Crippen LogP contribution in [0.25, 0.3) is 10.8 Å². The topological polar surface area (TPSA) is 93.7 Å². The van der Waals surface area contributed by atoms with Gasteiger partial charge in [-0.25, -0.2) is 9.59 Å². The molecule has 27 heavy (non-hydrogen) atoms. The highest BCUT2D eigenvalue weighted by atomic mass is 16.6. The van der Waals surface area contributed by atoms with E-state index in [1.807, 2.05) is 36.4 Å². The minimum atomic E-state index is -1.15. The van der Waals surface area contributed by atoms with E-state index < -0.39 is 29.6 Å². The lowest BCUT2D eigenvalue weighted by atomic mass is 10.1. The third-order valence-corrected chi connectivity index (χ3v) is 3.60. The van der Waals surface area contributed by atoms with Gasteiger partial charge in [0.2, 0.25) is 5.91 Å². The molecule has 0 radical (unpaired) electrons. The first-order valence-corrected chi connectivity index (χ1v) is 8.54. The highest BCUT2D eigenvalue weighted by Gasteiger charge is 2.27. The van der Waals surface area contributed by atoms with Gasteiger partial charge in [0.15, 0.2) is 0 Å². The van der Waals surface area contributed by atoms with Crippen LogP contribution in [0.4, 0.5) is 10.5 Å². The number of ether oxygens (including phenoxy) is 2. The van der Waals surface area contributed by atoms with E-state index in [0.29, 0.717) is 5.69 Å². The average molecular weight is 372 g/mol. The number of carbonyl (C=O) groups excluding carboxylic acids is 3. The lowest BCUT2D eigenvalue weighted by Crippen LogP contribution is -2.45. The van der Waals surface area contributed by atoms with E-state index in [2.05, 4.69) is 15.4 Å². The average Bonchev–Trinajstić information content (AvgIpc) is 2.58. The van der Waals surface area contributed by atoms with Crippen molar-refractivity contribution in [1.82, 2.24) is 5.32 Å². The first-order chi connectivity index (χ1) is 12.7. The van der Waals surface area contributed by atoms with Crippen molar-refractivity contribution in [3.05, 3.63) is 42.5 Å². The van der Waals surface area contributed by atoms with Crippen molar-refractivity contribution in [2.24, 2.45) is 0 Å². The Balaban J connectivity index is 2.03. The van der Waals surface area contributed by atoms with Crippen LogP contribution in [0.2, 0.25) is 0 Å². The van der Waals surface area contributed by atoms with Gasteiger partial charge in [-0.1, -0.05) is 30.3 Å². The van der Waals surface area contributed by atoms with Gasteiger partial charge in [-0.3, -0.25) is 4.79 Å². The molecular formula is C20H24N2O5. The number of fused-ring (bicyclic) bond motifs is 1. The predicted molar refractivity (Wildman–Crippen MR) is 102 cm³/mol. The summed E-state index contributed by atoms with van der Waals surface area (Å²) in [5.74, 6) is -1.16. The highest BCUT2D eigenvalue weighted by molar-refractivity contribution is 5.97. The van der Waals surface area contributed by atoms with Crippen molar-refractivity contribution in [3.8, 4) is 0 Å². The van der Waals surface area contributed by atoms with Gasteiger partial charge < -0.3 is 20.1 Å². The molecule has 2 aromatic carbocycles. The molecule has 2 aromatic rings. The third kappa shape index (κ3) is 6.29. The van der Waals surface area contributed by atoms with Gasteiger partial charge in [0, 0.05) is 5.69 Å². The molecule has 0 fully saturated rings. The fraction of sp³-hybridized carbons (Fsp3) is 0.350. The zero-order valence-electron chi connectivity index (χ0n) is 15.9. The number of alkyl carbamates (subject to hydrolysis) is 1. The van der Waals surface area contributed by atoms with Crippen LogP contribution >= 0.6 is 0 Å². The number of rotatable bonds is 5. The monoisotopic (exact) mass is 372 g/mol. The smallest absolute Gasteiger partial charge is 0.408 e. The fourth-order valence-corrected chi connectivity index (χ4v) is 2.45. The Morgan fingerprint density at radius 2 is 1.70 bits per heavy atom. The number of hydrogen-bond acceptors (Lipinski definition) is 5. The third-order valence-electron chi connectivity index (χ3n) is 3.60. The second kappa shape index (κ2) is 8.53. The van der Waals surface area contributed by atoms with Gasteiger partial charge in [0.25, 0.3) is 0 Å². The predicted octanol–water partition coefficient (Wildman–Crippen LogP) is 3.23. The molecule has 2 amide bonds. The Bertz CT molecular complexity index is 842. The van der Waals surface area contributed by atoms with E-state index in [-0.39, 0.29) is 6.42 Å². The van der Waals surface area contributed by atoms with Crippen molar-refractivity contribution >= 4 is 34.4 Å². The standard InChI is InChI=1S/C20H24N2O5/c1-20(2,3)27-19(25)22-16(18(24)26-4)12-17(23)21-15-10-9-13-7-5-6-8-14(13)11-15/h5-11,16H,12H2,1-4H3,(H,21,23)(H,22,25)/t16-/m1/s1. The van der Waals surface area contributed by atoms with Gasteiger partial charge in [0.1, 0.15) is 11.6 Å². The Kier molecular flexibility index (Phi) is 6.39. The molecule has 0 aromatic heterocycles. The van der Waals surface area contributed by atoms with E-state index in [9.17, 15) is 14.4 Å². The summed E-state index contributed by atoms with van der Waals surface area (Å²) in [6, 6.07) is 12.1. The molecule has 0 aliphatic rings. The first kappa shape index (κ1) is 20.2. The van der Waals surface area contributed by atoms with Crippen LogP contribution in [-0.4, -0.2) is 36.7 Å². The molecule has 0 unspecified atom stereocenters. The molecule has 2 rings (SSSR count). The van der Waals surface area contributed by atoms with Crippen molar-refractivity contribution in [3.63, 3.8) is 0 Å². The molecule has 0 aliphatic carbocycles. The van der Waals surface area contributed by atoms with Crippen LogP contribution in [0.3, 0.4) is 0 Å². The molecule has 1 atom stereocenters. The van der Waals surface area contributed by atoms with Crippen LogP contribution in [0.1, 0.15) is 27.2 Å². The molecule has 144 valence electrons. The van der Waals surface area contributed by atoms with E-state index in [1.165, 1.54) is 7.11 Å². The van der Waals surface area contributed by atoms with Crippen LogP contribution in [0, 0.1) is 0 Å². The molecule has 2 N–H and O–H groups in total. The Morgan fingerprint density at radius 3 is 2.33 bits per heavy atom. The Morgan fingerprint density at radius 1 is 1.04 bits per heavy atom. The maximum Gasteiger partial charge on any atom is 0.408 e. The maximum absolute atomic E-state index is 12.3. The summed E-state index contributed by atoms with van der Waals surface area (Å²) in [7, 11) is 1.19. The van der Waals surface area contributed by atoms with E-state index >= 15 is 0 Å². The van der Waals surface area contributed by atoms with Gasteiger partial charge in [-0.15, -0.1) is 0 Å². The van der Waals surface area contributed by atoms with Crippen LogP contribution in [-0.2, 0) is 19.1 Å². The van der Waals surface area contributed by atoms with Gasteiger partial charge in [-0.05, 0) is 43.7 Å². The largest absolute Gasteiger partial charge is 0.467 e. The summed E-state index contributed by atoms with van der Waals surface area (Å²) >= 11 is 0. The quantitative estimate of drug-likeness (QED) is 0.786.